The van der Waals surface area contributed by atoms with Gasteiger partial charge in [-0.2, -0.15) is 0 Å². The lowest BCUT2D eigenvalue weighted by atomic mass is 10.1. The maximum absolute atomic E-state index is 12.9. The van der Waals surface area contributed by atoms with Crippen LogP contribution in [0.5, 0.6) is 17.2 Å². The predicted molar refractivity (Wildman–Crippen MR) is 96.8 cm³/mol. The molecule has 0 bridgehead atoms. The van der Waals surface area contributed by atoms with Gasteiger partial charge in [-0.15, -0.1) is 0 Å². The van der Waals surface area contributed by atoms with Crippen molar-refractivity contribution in [1.82, 2.24) is 0 Å². The molecule has 25 heavy (non-hydrogen) atoms. The van der Waals surface area contributed by atoms with E-state index < -0.39 is 0 Å². The van der Waals surface area contributed by atoms with Gasteiger partial charge in [-0.25, -0.2) is 0 Å². The third kappa shape index (κ3) is 3.18. The number of methoxy groups -OCH3 is 2. The molecule has 0 saturated carbocycles. The highest BCUT2D eigenvalue weighted by molar-refractivity contribution is 5.82. The van der Waals surface area contributed by atoms with Crippen LogP contribution in [-0.4, -0.2) is 20.8 Å². The van der Waals surface area contributed by atoms with E-state index in [1.54, 1.807) is 44.6 Å². The zero-order chi connectivity index (χ0) is 17.8. The van der Waals surface area contributed by atoms with Crippen LogP contribution >= 0.6 is 0 Å². The number of hydrogen-bond acceptors (Lipinski definition) is 5. The average molecular weight is 340 g/mol. The molecular formula is C20H20O5. The van der Waals surface area contributed by atoms with Gasteiger partial charge in [0.2, 0.25) is 11.2 Å². The van der Waals surface area contributed by atoms with E-state index in [2.05, 4.69) is 0 Å². The molecule has 0 aliphatic heterocycles. The van der Waals surface area contributed by atoms with Crippen molar-refractivity contribution in [2.24, 2.45) is 0 Å². The zero-order valence-electron chi connectivity index (χ0n) is 14.5. The van der Waals surface area contributed by atoms with Crippen LogP contribution in [0.25, 0.3) is 22.3 Å². The number of hydrogen-bond donors (Lipinski definition) is 0. The summed E-state index contributed by atoms with van der Waals surface area (Å²) < 4.78 is 22.4. The van der Waals surface area contributed by atoms with E-state index in [4.69, 9.17) is 18.6 Å². The van der Waals surface area contributed by atoms with Crippen LogP contribution in [0.15, 0.2) is 51.7 Å². The maximum atomic E-state index is 12.9. The molecule has 0 fully saturated rings. The fourth-order valence-corrected chi connectivity index (χ4v) is 2.63. The molecular weight excluding hydrogens is 320 g/mol. The largest absolute Gasteiger partial charge is 0.493 e. The van der Waals surface area contributed by atoms with Gasteiger partial charge in [0, 0.05) is 5.56 Å². The Hall–Kier alpha value is -2.95. The third-order valence-corrected chi connectivity index (χ3v) is 3.85. The summed E-state index contributed by atoms with van der Waals surface area (Å²) in [5.41, 5.74) is 1.02. The van der Waals surface area contributed by atoms with Gasteiger partial charge in [0.1, 0.15) is 5.58 Å². The number of benzene rings is 2. The molecule has 5 nitrogen and oxygen atoms in total. The highest BCUT2D eigenvalue weighted by Gasteiger charge is 2.19. The number of fused-ring (bicyclic) bond motifs is 1. The van der Waals surface area contributed by atoms with Crippen LogP contribution in [0, 0.1) is 0 Å². The summed E-state index contributed by atoms with van der Waals surface area (Å²) in [5, 5.41) is 0.498. The Bertz CT molecular complexity index is 942. The molecule has 0 N–H and O–H groups in total. The lowest BCUT2D eigenvalue weighted by molar-refractivity contribution is 0.309. The highest BCUT2D eigenvalue weighted by Crippen LogP contribution is 2.36. The first-order valence-electron chi connectivity index (χ1n) is 8.10. The van der Waals surface area contributed by atoms with E-state index in [9.17, 15) is 4.79 Å². The standard InChI is InChI=1S/C20H20O5/c1-4-11-24-20-18(21)14-7-5-6-8-15(14)25-19(20)13-9-10-16(22-2)17(12-13)23-3/h5-10,12H,4,11H2,1-3H3. The topological polar surface area (TPSA) is 57.9 Å². The molecule has 3 rings (SSSR count). The average Bonchev–Trinajstić information content (AvgIpc) is 2.66. The first kappa shape index (κ1) is 16.9. The van der Waals surface area contributed by atoms with Crippen LogP contribution in [0.1, 0.15) is 13.3 Å². The van der Waals surface area contributed by atoms with E-state index in [-0.39, 0.29) is 11.2 Å². The predicted octanol–water partition coefficient (Wildman–Crippen LogP) is 4.27. The lowest BCUT2D eigenvalue weighted by Gasteiger charge is -2.13. The molecule has 1 heterocycles. The van der Waals surface area contributed by atoms with Crippen molar-refractivity contribution in [2.45, 2.75) is 13.3 Å². The van der Waals surface area contributed by atoms with Crippen LogP contribution < -0.4 is 19.6 Å². The van der Waals surface area contributed by atoms with Crippen molar-refractivity contribution in [3.63, 3.8) is 0 Å². The Balaban J connectivity index is 2.25. The first-order chi connectivity index (χ1) is 12.2. The monoisotopic (exact) mass is 340 g/mol. The fourth-order valence-electron chi connectivity index (χ4n) is 2.63. The maximum Gasteiger partial charge on any atom is 0.235 e. The molecule has 0 amide bonds. The van der Waals surface area contributed by atoms with Crippen molar-refractivity contribution in [1.29, 1.82) is 0 Å². The Kier molecular flexibility index (Phi) is 4.93. The van der Waals surface area contributed by atoms with Gasteiger partial charge in [-0.3, -0.25) is 4.79 Å². The van der Waals surface area contributed by atoms with Gasteiger partial charge in [-0.05, 0) is 36.8 Å². The van der Waals surface area contributed by atoms with Crippen LogP contribution in [0.3, 0.4) is 0 Å². The van der Waals surface area contributed by atoms with Crippen molar-refractivity contribution in [2.75, 3.05) is 20.8 Å². The summed E-state index contributed by atoms with van der Waals surface area (Å²) >= 11 is 0. The molecule has 130 valence electrons. The summed E-state index contributed by atoms with van der Waals surface area (Å²) in [6, 6.07) is 12.5. The zero-order valence-corrected chi connectivity index (χ0v) is 14.5. The molecule has 1 aromatic heterocycles. The molecule has 0 unspecified atom stereocenters. The van der Waals surface area contributed by atoms with Crippen molar-refractivity contribution >= 4 is 11.0 Å². The molecule has 0 spiro atoms. The minimum absolute atomic E-state index is 0.180. The number of ether oxygens (including phenoxy) is 3. The van der Waals surface area contributed by atoms with Crippen molar-refractivity contribution in [3.8, 4) is 28.6 Å². The van der Waals surface area contributed by atoms with E-state index >= 15 is 0 Å². The Morgan fingerprint density at radius 3 is 2.48 bits per heavy atom. The molecule has 0 radical (unpaired) electrons. The quantitative estimate of drug-likeness (QED) is 0.671. The van der Waals surface area contributed by atoms with Gasteiger partial charge in [0.25, 0.3) is 0 Å². The van der Waals surface area contributed by atoms with E-state index in [0.29, 0.717) is 40.4 Å². The van der Waals surface area contributed by atoms with E-state index in [1.807, 2.05) is 19.1 Å². The molecule has 0 aliphatic carbocycles. The Labute approximate surface area is 145 Å². The second kappa shape index (κ2) is 7.30. The molecule has 0 aliphatic rings. The minimum Gasteiger partial charge on any atom is -0.493 e. The van der Waals surface area contributed by atoms with Crippen LogP contribution in [0.2, 0.25) is 0 Å². The number of rotatable bonds is 6. The van der Waals surface area contributed by atoms with Gasteiger partial charge in [0.15, 0.2) is 17.3 Å². The van der Waals surface area contributed by atoms with Crippen molar-refractivity contribution < 1.29 is 18.6 Å². The summed E-state index contributed by atoms with van der Waals surface area (Å²) in [7, 11) is 3.14. The smallest absolute Gasteiger partial charge is 0.235 e. The summed E-state index contributed by atoms with van der Waals surface area (Å²) in [4.78, 5) is 12.9. The minimum atomic E-state index is -0.180. The summed E-state index contributed by atoms with van der Waals surface area (Å²) in [5.74, 6) is 1.76. The first-order valence-corrected chi connectivity index (χ1v) is 8.10. The van der Waals surface area contributed by atoms with E-state index in [0.717, 1.165) is 6.42 Å². The number of para-hydroxylation sites is 1. The normalized spacial score (nSPS) is 10.7. The second-order valence-electron chi connectivity index (χ2n) is 5.50. The van der Waals surface area contributed by atoms with Gasteiger partial charge in [-0.1, -0.05) is 19.1 Å². The summed E-state index contributed by atoms with van der Waals surface area (Å²) in [6.07, 6.45) is 0.789. The van der Waals surface area contributed by atoms with Gasteiger partial charge in [0.05, 0.1) is 26.2 Å². The van der Waals surface area contributed by atoms with Crippen LogP contribution in [0.4, 0.5) is 0 Å². The van der Waals surface area contributed by atoms with E-state index in [1.165, 1.54) is 0 Å². The third-order valence-electron chi connectivity index (χ3n) is 3.85. The van der Waals surface area contributed by atoms with Crippen molar-refractivity contribution in [3.05, 3.63) is 52.7 Å². The summed E-state index contributed by atoms with van der Waals surface area (Å²) in [6.45, 7) is 2.42. The SMILES string of the molecule is CCCOc1c(-c2ccc(OC)c(OC)c2)oc2ccccc2c1=O. The lowest BCUT2D eigenvalue weighted by Crippen LogP contribution is -2.10. The molecule has 0 atom stereocenters. The Morgan fingerprint density at radius 1 is 1.00 bits per heavy atom. The Morgan fingerprint density at radius 2 is 1.76 bits per heavy atom. The molecule has 0 saturated heterocycles. The second-order valence-corrected chi connectivity index (χ2v) is 5.50. The van der Waals surface area contributed by atoms with Gasteiger partial charge >= 0.3 is 0 Å². The molecule has 3 aromatic rings. The molecule has 5 heteroatoms. The van der Waals surface area contributed by atoms with Crippen LogP contribution in [-0.2, 0) is 0 Å². The fraction of sp³-hybridized carbons (Fsp3) is 0.250. The van der Waals surface area contributed by atoms with Gasteiger partial charge < -0.3 is 18.6 Å². The molecule has 2 aromatic carbocycles. The highest BCUT2D eigenvalue weighted by atomic mass is 16.5.